The lowest BCUT2D eigenvalue weighted by Crippen LogP contribution is -2.32. The molecular formula is C23H22ClN3O5. The molecule has 0 unspecified atom stereocenters. The Bertz CT molecular complexity index is 1120. The van der Waals surface area contributed by atoms with Gasteiger partial charge in [-0.3, -0.25) is 14.4 Å². The van der Waals surface area contributed by atoms with Crippen molar-refractivity contribution in [2.75, 3.05) is 37.5 Å². The van der Waals surface area contributed by atoms with Gasteiger partial charge >= 0.3 is 0 Å². The van der Waals surface area contributed by atoms with E-state index in [2.05, 4.69) is 5.32 Å². The number of carbonyl (C=O) groups is 3. The first kappa shape index (κ1) is 21.7. The predicted octanol–water partition coefficient (Wildman–Crippen LogP) is 3.38. The molecule has 1 N–H and O–H groups in total. The number of nitrogens with one attached hydrogen (secondary N) is 1. The van der Waals surface area contributed by atoms with E-state index >= 15 is 0 Å². The molecule has 4 rings (SSSR count). The molecule has 9 heteroatoms. The molecule has 32 heavy (non-hydrogen) atoms. The molecule has 2 aliphatic heterocycles. The molecule has 8 nitrogen and oxygen atoms in total. The largest absolute Gasteiger partial charge is 0.497 e. The molecule has 2 aromatic rings. The maximum Gasteiger partial charge on any atom is 0.283 e. The second kappa shape index (κ2) is 8.92. The summed E-state index contributed by atoms with van der Waals surface area (Å²) in [5.41, 5.74) is 1.11. The third-order valence-electron chi connectivity index (χ3n) is 5.43. The van der Waals surface area contributed by atoms with Crippen LogP contribution in [0.15, 0.2) is 53.2 Å². The SMILES string of the molecule is COc1ccc(OC)c(N2C(=O)C(Cl)=C(Nc3cccc(C(=O)N4CCCC4)c3)C2=O)c1. The lowest BCUT2D eigenvalue weighted by molar-refractivity contribution is -0.120. The maximum atomic E-state index is 13.2. The first-order valence-corrected chi connectivity index (χ1v) is 10.5. The van der Waals surface area contributed by atoms with E-state index in [0.717, 1.165) is 30.8 Å². The van der Waals surface area contributed by atoms with Crippen molar-refractivity contribution in [2.24, 2.45) is 0 Å². The number of anilines is 2. The molecule has 0 saturated carbocycles. The monoisotopic (exact) mass is 455 g/mol. The molecule has 2 aromatic carbocycles. The quantitative estimate of drug-likeness (QED) is 0.672. The van der Waals surface area contributed by atoms with E-state index in [-0.39, 0.29) is 22.3 Å². The fourth-order valence-corrected chi connectivity index (χ4v) is 3.99. The standard InChI is InChI=1S/C23H22ClN3O5/c1-31-16-8-9-18(32-2)17(13-16)27-22(29)19(24)20(23(27)30)25-15-7-5-6-14(12-15)21(28)26-10-3-4-11-26/h5-9,12-13,25H,3-4,10-11H2,1-2H3. The van der Waals surface area contributed by atoms with Gasteiger partial charge in [0.15, 0.2) is 0 Å². The summed E-state index contributed by atoms with van der Waals surface area (Å²) < 4.78 is 10.5. The molecule has 2 heterocycles. The molecule has 2 aliphatic rings. The van der Waals surface area contributed by atoms with Gasteiger partial charge in [0.05, 0.1) is 19.9 Å². The van der Waals surface area contributed by atoms with Crippen LogP contribution in [0.4, 0.5) is 11.4 Å². The van der Waals surface area contributed by atoms with E-state index in [0.29, 0.717) is 22.7 Å². The van der Waals surface area contributed by atoms with E-state index in [9.17, 15) is 14.4 Å². The number of likely N-dealkylation sites (tertiary alicyclic amines) is 1. The summed E-state index contributed by atoms with van der Waals surface area (Å²) in [6.07, 6.45) is 1.98. The van der Waals surface area contributed by atoms with Gasteiger partial charge in [-0.2, -0.15) is 0 Å². The van der Waals surface area contributed by atoms with Gasteiger partial charge in [0.25, 0.3) is 17.7 Å². The number of rotatable bonds is 6. The van der Waals surface area contributed by atoms with Gasteiger partial charge in [-0.25, -0.2) is 4.90 Å². The van der Waals surface area contributed by atoms with Crippen LogP contribution in [0.25, 0.3) is 0 Å². The summed E-state index contributed by atoms with van der Waals surface area (Å²) in [7, 11) is 2.92. The van der Waals surface area contributed by atoms with E-state index in [4.69, 9.17) is 21.1 Å². The molecule has 0 spiro atoms. The van der Waals surface area contributed by atoms with Gasteiger partial charge in [-0.05, 0) is 43.2 Å². The van der Waals surface area contributed by atoms with Crippen LogP contribution in [0, 0.1) is 0 Å². The van der Waals surface area contributed by atoms with Gasteiger partial charge in [0, 0.05) is 30.4 Å². The highest BCUT2D eigenvalue weighted by Gasteiger charge is 2.40. The second-order valence-corrected chi connectivity index (χ2v) is 7.76. The number of hydrogen-bond acceptors (Lipinski definition) is 6. The number of ether oxygens (including phenoxy) is 2. The summed E-state index contributed by atoms with van der Waals surface area (Å²) in [6.45, 7) is 1.47. The van der Waals surface area contributed by atoms with E-state index in [1.54, 1.807) is 41.3 Å². The first-order chi connectivity index (χ1) is 15.4. The summed E-state index contributed by atoms with van der Waals surface area (Å²) in [5.74, 6) is -0.621. The van der Waals surface area contributed by atoms with Crippen LogP contribution in [-0.4, -0.2) is 49.9 Å². The number of methoxy groups -OCH3 is 2. The second-order valence-electron chi connectivity index (χ2n) is 7.38. The molecule has 0 atom stereocenters. The molecule has 1 fully saturated rings. The average molecular weight is 456 g/mol. The Morgan fingerprint density at radius 2 is 1.75 bits per heavy atom. The smallest absolute Gasteiger partial charge is 0.283 e. The number of imide groups is 1. The molecule has 3 amide bonds. The van der Waals surface area contributed by atoms with E-state index < -0.39 is 11.8 Å². The number of benzene rings is 2. The minimum Gasteiger partial charge on any atom is -0.497 e. The van der Waals surface area contributed by atoms with Crippen molar-refractivity contribution in [3.8, 4) is 11.5 Å². The van der Waals surface area contributed by atoms with Crippen LogP contribution in [0.2, 0.25) is 0 Å². The predicted molar refractivity (Wildman–Crippen MR) is 120 cm³/mol. The zero-order chi connectivity index (χ0) is 22.8. The Balaban J connectivity index is 1.61. The first-order valence-electron chi connectivity index (χ1n) is 10.1. The lowest BCUT2D eigenvalue weighted by atomic mass is 10.1. The van der Waals surface area contributed by atoms with Crippen LogP contribution in [0.3, 0.4) is 0 Å². The van der Waals surface area contributed by atoms with Crippen LogP contribution in [-0.2, 0) is 9.59 Å². The number of halogens is 1. The number of nitrogens with zero attached hydrogens (tertiary/aromatic N) is 2. The fourth-order valence-electron chi connectivity index (χ4n) is 3.78. The van der Waals surface area contributed by atoms with Gasteiger partial charge in [-0.15, -0.1) is 0 Å². The minimum atomic E-state index is -0.685. The van der Waals surface area contributed by atoms with Crippen LogP contribution in [0.1, 0.15) is 23.2 Å². The van der Waals surface area contributed by atoms with Crippen molar-refractivity contribution >= 4 is 40.7 Å². The molecule has 0 radical (unpaired) electrons. The van der Waals surface area contributed by atoms with Gasteiger partial charge in [0.2, 0.25) is 0 Å². The molecule has 0 aromatic heterocycles. The number of carbonyl (C=O) groups excluding carboxylic acids is 3. The normalized spacial score (nSPS) is 16.1. The van der Waals surface area contributed by atoms with Crippen LogP contribution < -0.4 is 19.7 Å². The summed E-state index contributed by atoms with van der Waals surface area (Å²) in [5, 5.41) is 2.66. The number of hydrogen-bond donors (Lipinski definition) is 1. The Labute approximate surface area is 190 Å². The third kappa shape index (κ3) is 3.89. The highest BCUT2D eigenvalue weighted by Crippen LogP contribution is 2.38. The Hall–Kier alpha value is -3.52. The van der Waals surface area contributed by atoms with Gasteiger partial charge in [0.1, 0.15) is 22.2 Å². The molecule has 1 saturated heterocycles. The zero-order valence-corrected chi connectivity index (χ0v) is 18.4. The number of amides is 3. The van der Waals surface area contributed by atoms with Crippen LogP contribution in [0.5, 0.6) is 11.5 Å². The zero-order valence-electron chi connectivity index (χ0n) is 17.7. The van der Waals surface area contributed by atoms with Crippen molar-refractivity contribution in [3.05, 3.63) is 58.8 Å². The molecule has 166 valence electrons. The minimum absolute atomic E-state index is 0.0669. The summed E-state index contributed by atoms with van der Waals surface area (Å²) in [4.78, 5) is 41.4. The van der Waals surface area contributed by atoms with Crippen molar-refractivity contribution in [1.82, 2.24) is 4.90 Å². The van der Waals surface area contributed by atoms with Gasteiger partial charge in [-0.1, -0.05) is 17.7 Å². The highest BCUT2D eigenvalue weighted by molar-refractivity contribution is 6.53. The Morgan fingerprint density at radius 3 is 2.44 bits per heavy atom. The fraction of sp³-hybridized carbons (Fsp3) is 0.261. The molecule has 0 aliphatic carbocycles. The van der Waals surface area contributed by atoms with E-state index in [1.807, 2.05) is 0 Å². The van der Waals surface area contributed by atoms with Crippen molar-refractivity contribution in [3.63, 3.8) is 0 Å². The van der Waals surface area contributed by atoms with Gasteiger partial charge < -0.3 is 19.7 Å². The van der Waals surface area contributed by atoms with Crippen molar-refractivity contribution < 1.29 is 23.9 Å². The summed E-state index contributed by atoms with van der Waals surface area (Å²) in [6, 6.07) is 11.6. The summed E-state index contributed by atoms with van der Waals surface area (Å²) >= 11 is 6.25. The Morgan fingerprint density at radius 1 is 1.00 bits per heavy atom. The lowest BCUT2D eigenvalue weighted by Gasteiger charge is -2.19. The Kier molecular flexibility index (Phi) is 6.05. The highest BCUT2D eigenvalue weighted by atomic mass is 35.5. The molecular weight excluding hydrogens is 434 g/mol. The topological polar surface area (TPSA) is 88.2 Å². The third-order valence-corrected chi connectivity index (χ3v) is 5.78. The van der Waals surface area contributed by atoms with E-state index in [1.165, 1.54) is 20.3 Å². The maximum absolute atomic E-state index is 13.2. The van der Waals surface area contributed by atoms with Crippen molar-refractivity contribution in [1.29, 1.82) is 0 Å². The average Bonchev–Trinajstić information content (AvgIpc) is 3.42. The molecule has 0 bridgehead atoms. The van der Waals surface area contributed by atoms with Crippen LogP contribution >= 0.6 is 11.6 Å². The van der Waals surface area contributed by atoms with Crippen molar-refractivity contribution in [2.45, 2.75) is 12.8 Å².